The summed E-state index contributed by atoms with van der Waals surface area (Å²) in [7, 11) is 0. The first kappa shape index (κ1) is 6.77. The summed E-state index contributed by atoms with van der Waals surface area (Å²) in [5.74, 6) is 0.535. The average Bonchev–Trinajstić information content (AvgIpc) is 2.14. The molecule has 0 amide bonds. The molecular weight excluding hydrogens is 256 g/mol. The van der Waals surface area contributed by atoms with Gasteiger partial charge in [0.05, 0.1) is 15.0 Å². The van der Waals surface area contributed by atoms with Crippen molar-refractivity contribution in [2.75, 3.05) is 0 Å². The Morgan fingerprint density at radius 3 is 2.88 bits per heavy atom. The van der Waals surface area contributed by atoms with Crippen molar-refractivity contribution >= 4 is 45.5 Å². The van der Waals surface area contributed by atoms with E-state index in [1.807, 2.05) is 6.20 Å². The molecule has 1 nitrogen and oxygen atoms in total. The van der Waals surface area contributed by atoms with E-state index in [0.717, 1.165) is 5.01 Å². The second kappa shape index (κ2) is 2.98. The first-order valence-corrected chi connectivity index (χ1v) is 4.42. The van der Waals surface area contributed by atoms with Crippen molar-refractivity contribution in [1.82, 2.24) is 4.98 Å². The molecule has 0 aliphatic heterocycles. The van der Waals surface area contributed by atoms with Crippen LogP contribution >= 0.6 is 45.5 Å². The second-order valence-electron chi connectivity index (χ2n) is 1.19. The van der Waals surface area contributed by atoms with Crippen LogP contribution in [0.2, 0.25) is 0 Å². The molecule has 0 radical (unpaired) electrons. The molecule has 1 aromatic heterocycles. The second-order valence-corrected chi connectivity index (χ2v) is 4.47. The van der Waals surface area contributed by atoms with E-state index in [0.29, 0.717) is 5.88 Å². The molecule has 44 valence electrons. The highest BCUT2D eigenvalue weighted by molar-refractivity contribution is 14.1. The normalized spacial score (nSPS) is 9.75. The van der Waals surface area contributed by atoms with Gasteiger partial charge in [0.15, 0.2) is 0 Å². The number of hydrogen-bond donors (Lipinski definition) is 0. The third-order valence-electron chi connectivity index (χ3n) is 0.640. The lowest BCUT2D eigenvalue weighted by Crippen LogP contribution is -1.67. The van der Waals surface area contributed by atoms with Gasteiger partial charge < -0.3 is 0 Å². The molecule has 0 aliphatic rings. The summed E-state index contributed by atoms with van der Waals surface area (Å²) in [6.07, 6.45) is 1.82. The fourth-order valence-corrected chi connectivity index (χ4v) is 1.97. The molecule has 0 saturated heterocycles. The quantitative estimate of drug-likeness (QED) is 0.558. The molecular formula is C4H3ClINS. The first-order chi connectivity index (χ1) is 3.83. The molecule has 1 rings (SSSR count). The zero-order valence-corrected chi connectivity index (χ0v) is 7.63. The van der Waals surface area contributed by atoms with Crippen molar-refractivity contribution in [3.05, 3.63) is 14.1 Å². The van der Waals surface area contributed by atoms with Gasteiger partial charge in [-0.1, -0.05) is 0 Å². The van der Waals surface area contributed by atoms with Crippen molar-refractivity contribution in [2.45, 2.75) is 5.88 Å². The molecule has 0 aliphatic carbocycles. The van der Waals surface area contributed by atoms with E-state index in [1.165, 1.54) is 2.88 Å². The zero-order valence-electron chi connectivity index (χ0n) is 3.90. The summed E-state index contributed by atoms with van der Waals surface area (Å²) in [5.41, 5.74) is 0. The number of nitrogens with zero attached hydrogens (tertiary/aromatic N) is 1. The third kappa shape index (κ3) is 1.56. The van der Waals surface area contributed by atoms with E-state index in [4.69, 9.17) is 11.6 Å². The monoisotopic (exact) mass is 259 g/mol. The van der Waals surface area contributed by atoms with Crippen molar-refractivity contribution in [3.63, 3.8) is 0 Å². The van der Waals surface area contributed by atoms with Crippen LogP contribution in [0.25, 0.3) is 0 Å². The number of aromatic nitrogens is 1. The Hall–Kier alpha value is 0.650. The smallest absolute Gasteiger partial charge is 0.108 e. The van der Waals surface area contributed by atoms with Gasteiger partial charge in [0.1, 0.15) is 5.01 Å². The van der Waals surface area contributed by atoms with E-state index in [1.54, 1.807) is 11.3 Å². The minimum atomic E-state index is 0.535. The third-order valence-corrected chi connectivity index (χ3v) is 2.78. The summed E-state index contributed by atoms with van der Waals surface area (Å²) in [4.78, 5) is 4.01. The summed E-state index contributed by atoms with van der Waals surface area (Å²) < 4.78 is 1.19. The van der Waals surface area contributed by atoms with Crippen molar-refractivity contribution in [1.29, 1.82) is 0 Å². The predicted octanol–water partition coefficient (Wildman–Crippen LogP) is 2.49. The molecule has 0 unspecified atom stereocenters. The molecule has 0 N–H and O–H groups in total. The van der Waals surface area contributed by atoms with Gasteiger partial charge in [0.25, 0.3) is 0 Å². The molecule has 0 atom stereocenters. The molecule has 8 heavy (non-hydrogen) atoms. The predicted molar refractivity (Wildman–Crippen MR) is 44.4 cm³/mol. The van der Waals surface area contributed by atoms with E-state index < -0.39 is 0 Å². The van der Waals surface area contributed by atoms with Gasteiger partial charge in [-0.3, -0.25) is 0 Å². The molecule has 0 aromatic carbocycles. The maximum absolute atomic E-state index is 5.48. The van der Waals surface area contributed by atoms with Gasteiger partial charge in [0.2, 0.25) is 0 Å². The van der Waals surface area contributed by atoms with E-state index in [2.05, 4.69) is 27.6 Å². The maximum Gasteiger partial charge on any atom is 0.108 e. The Morgan fingerprint density at radius 1 is 1.88 bits per heavy atom. The fraction of sp³-hybridized carbons (Fsp3) is 0.250. The summed E-state index contributed by atoms with van der Waals surface area (Å²) in [6.45, 7) is 0. The summed E-state index contributed by atoms with van der Waals surface area (Å²) in [5, 5.41) is 0.996. The molecule has 0 spiro atoms. The zero-order chi connectivity index (χ0) is 5.98. The van der Waals surface area contributed by atoms with E-state index >= 15 is 0 Å². The summed E-state index contributed by atoms with van der Waals surface area (Å²) in [6, 6.07) is 0. The van der Waals surface area contributed by atoms with Crippen molar-refractivity contribution in [3.8, 4) is 0 Å². The topological polar surface area (TPSA) is 12.9 Å². The Morgan fingerprint density at radius 2 is 2.62 bits per heavy atom. The van der Waals surface area contributed by atoms with Crippen LogP contribution in [0.5, 0.6) is 0 Å². The Kier molecular flexibility index (Phi) is 2.52. The molecule has 0 saturated carbocycles. The molecule has 0 bridgehead atoms. The highest BCUT2D eigenvalue weighted by Gasteiger charge is 1.94. The lowest BCUT2D eigenvalue weighted by Gasteiger charge is -1.75. The molecule has 1 heterocycles. The average molecular weight is 259 g/mol. The number of hydrogen-bond acceptors (Lipinski definition) is 2. The van der Waals surface area contributed by atoms with Crippen molar-refractivity contribution in [2.24, 2.45) is 0 Å². The first-order valence-electron chi connectivity index (χ1n) is 1.99. The molecule has 1 aromatic rings. The Labute approximate surface area is 70.2 Å². The lowest BCUT2D eigenvalue weighted by atomic mass is 10.8. The highest BCUT2D eigenvalue weighted by Crippen LogP contribution is 2.15. The van der Waals surface area contributed by atoms with Crippen LogP contribution in [0.4, 0.5) is 0 Å². The van der Waals surface area contributed by atoms with Crippen molar-refractivity contribution < 1.29 is 0 Å². The Bertz CT molecular complexity index is 176. The van der Waals surface area contributed by atoms with Crippen LogP contribution in [0.1, 0.15) is 5.01 Å². The maximum atomic E-state index is 5.48. The number of rotatable bonds is 1. The van der Waals surface area contributed by atoms with Crippen LogP contribution in [-0.4, -0.2) is 4.98 Å². The van der Waals surface area contributed by atoms with Crippen LogP contribution < -0.4 is 0 Å². The minimum Gasteiger partial charge on any atom is -0.247 e. The SMILES string of the molecule is ClCc1ncc(I)s1. The van der Waals surface area contributed by atoms with Gasteiger partial charge >= 0.3 is 0 Å². The summed E-state index contributed by atoms with van der Waals surface area (Å²) >= 11 is 9.34. The van der Waals surface area contributed by atoms with E-state index in [9.17, 15) is 0 Å². The fourth-order valence-electron chi connectivity index (χ4n) is 0.350. The molecule has 0 fully saturated rings. The van der Waals surface area contributed by atoms with Crippen LogP contribution in [0.3, 0.4) is 0 Å². The number of halogens is 2. The highest BCUT2D eigenvalue weighted by atomic mass is 127. The van der Waals surface area contributed by atoms with Crippen LogP contribution in [0, 0.1) is 2.88 Å². The molecule has 4 heteroatoms. The van der Waals surface area contributed by atoms with Crippen LogP contribution in [-0.2, 0) is 5.88 Å². The van der Waals surface area contributed by atoms with Gasteiger partial charge in [-0.2, -0.15) is 0 Å². The van der Waals surface area contributed by atoms with Gasteiger partial charge in [-0.15, -0.1) is 22.9 Å². The van der Waals surface area contributed by atoms with Crippen LogP contribution in [0.15, 0.2) is 6.20 Å². The standard InChI is InChI=1S/C4H3ClINS/c5-1-4-7-2-3(6)8-4/h2H,1H2. The lowest BCUT2D eigenvalue weighted by molar-refractivity contribution is 1.26. The largest absolute Gasteiger partial charge is 0.247 e. The van der Waals surface area contributed by atoms with Gasteiger partial charge in [-0.25, -0.2) is 4.98 Å². The minimum absolute atomic E-state index is 0.535. The van der Waals surface area contributed by atoms with Gasteiger partial charge in [-0.05, 0) is 22.6 Å². The number of thiazole rings is 1. The number of alkyl halides is 1. The van der Waals surface area contributed by atoms with Gasteiger partial charge in [0, 0.05) is 0 Å². The Balaban J connectivity index is 2.84. The van der Waals surface area contributed by atoms with E-state index in [-0.39, 0.29) is 0 Å².